The lowest BCUT2D eigenvalue weighted by atomic mass is 10.1. The second-order valence-corrected chi connectivity index (χ2v) is 6.16. The van der Waals surface area contributed by atoms with E-state index in [0.29, 0.717) is 6.42 Å². The molecule has 0 aliphatic carbocycles. The van der Waals surface area contributed by atoms with E-state index in [-0.39, 0.29) is 13.0 Å². The summed E-state index contributed by atoms with van der Waals surface area (Å²) in [5.74, 6) is -6.61. The monoisotopic (exact) mass is 402 g/mol. The molecular weight excluding hydrogens is 380 g/mol. The highest BCUT2D eigenvalue weighted by molar-refractivity contribution is 5.96. The van der Waals surface area contributed by atoms with Gasteiger partial charge in [-0.15, -0.1) is 0 Å². The lowest BCUT2D eigenvalue weighted by molar-refractivity contribution is -0.146. The number of carbonyl (C=O) groups excluding carboxylic acids is 3. The van der Waals surface area contributed by atoms with Gasteiger partial charge < -0.3 is 36.6 Å². The predicted octanol–water partition coefficient (Wildman–Crippen LogP) is -3.06. The molecular formula is C15H22N4O9. The smallest absolute Gasteiger partial charge is 0.322 e. The summed E-state index contributed by atoms with van der Waals surface area (Å²) in [5.41, 5.74) is 5.41. The minimum absolute atomic E-state index is 0.108. The Kier molecular flexibility index (Phi) is 8.31. The summed E-state index contributed by atoms with van der Waals surface area (Å²) >= 11 is 0. The minimum atomic E-state index is -1.56. The number of carbonyl (C=O) groups is 6. The van der Waals surface area contributed by atoms with E-state index in [1.165, 1.54) is 0 Å². The quantitative estimate of drug-likeness (QED) is 0.217. The van der Waals surface area contributed by atoms with E-state index >= 15 is 0 Å². The fourth-order valence-electron chi connectivity index (χ4n) is 2.72. The number of nitrogens with zero attached hydrogens (tertiary/aromatic N) is 1. The van der Waals surface area contributed by atoms with Gasteiger partial charge in [-0.3, -0.25) is 28.8 Å². The molecule has 3 atom stereocenters. The van der Waals surface area contributed by atoms with Crippen LogP contribution in [0.25, 0.3) is 0 Å². The predicted molar refractivity (Wildman–Crippen MR) is 89.8 cm³/mol. The molecule has 13 heteroatoms. The number of nitrogens with two attached hydrogens (primary N) is 1. The Morgan fingerprint density at radius 2 is 1.61 bits per heavy atom. The molecule has 0 aromatic rings. The lowest BCUT2D eigenvalue weighted by Gasteiger charge is -2.28. The maximum absolute atomic E-state index is 12.7. The molecule has 28 heavy (non-hydrogen) atoms. The van der Waals surface area contributed by atoms with Crippen LogP contribution in [0.2, 0.25) is 0 Å². The van der Waals surface area contributed by atoms with Crippen molar-refractivity contribution in [3.05, 3.63) is 0 Å². The van der Waals surface area contributed by atoms with Crippen molar-refractivity contribution < 1.29 is 44.1 Å². The fraction of sp³-hybridized carbons (Fsp3) is 0.600. The van der Waals surface area contributed by atoms with Crippen molar-refractivity contribution >= 4 is 35.6 Å². The molecule has 1 rings (SSSR count). The molecule has 7 N–H and O–H groups in total. The fourth-order valence-corrected chi connectivity index (χ4v) is 2.72. The number of rotatable bonds is 10. The molecule has 0 bridgehead atoms. The average Bonchev–Trinajstić information content (AvgIpc) is 3.06. The molecule has 3 unspecified atom stereocenters. The van der Waals surface area contributed by atoms with Crippen LogP contribution >= 0.6 is 0 Å². The summed E-state index contributed by atoms with van der Waals surface area (Å²) in [7, 11) is 0. The SMILES string of the molecule is NC(CC(=O)O)C(=O)NC(CC(=O)O)C(=O)N1CCCC1C(=O)NCC(=O)O. The van der Waals surface area contributed by atoms with Crippen molar-refractivity contribution in [2.75, 3.05) is 13.1 Å². The maximum Gasteiger partial charge on any atom is 0.322 e. The molecule has 0 spiro atoms. The van der Waals surface area contributed by atoms with Crippen LogP contribution in [0.1, 0.15) is 25.7 Å². The third kappa shape index (κ3) is 6.83. The zero-order chi connectivity index (χ0) is 21.4. The van der Waals surface area contributed by atoms with Gasteiger partial charge in [-0.1, -0.05) is 0 Å². The average molecular weight is 402 g/mol. The van der Waals surface area contributed by atoms with E-state index in [4.69, 9.17) is 21.1 Å². The number of nitrogens with one attached hydrogen (secondary N) is 2. The van der Waals surface area contributed by atoms with Gasteiger partial charge in [0.1, 0.15) is 18.6 Å². The van der Waals surface area contributed by atoms with Crippen LogP contribution in [0.4, 0.5) is 0 Å². The molecule has 1 aliphatic rings. The van der Waals surface area contributed by atoms with Gasteiger partial charge in [0.2, 0.25) is 17.7 Å². The molecule has 0 saturated carbocycles. The molecule has 0 aromatic heterocycles. The standard InChI is InChI=1S/C15H22N4O9/c16-7(4-10(20)21)13(26)18-8(5-11(22)23)15(28)19-3-1-2-9(19)14(27)17-6-12(24)25/h7-9H,1-6,16H2,(H,17,27)(H,18,26)(H,20,21)(H,22,23)(H,24,25). The Morgan fingerprint density at radius 3 is 2.14 bits per heavy atom. The second-order valence-electron chi connectivity index (χ2n) is 6.16. The largest absolute Gasteiger partial charge is 0.481 e. The first-order valence-electron chi connectivity index (χ1n) is 8.32. The highest BCUT2D eigenvalue weighted by atomic mass is 16.4. The Morgan fingerprint density at radius 1 is 1.00 bits per heavy atom. The van der Waals surface area contributed by atoms with Crippen LogP contribution in [0.15, 0.2) is 0 Å². The zero-order valence-electron chi connectivity index (χ0n) is 14.8. The summed E-state index contributed by atoms with van der Waals surface area (Å²) in [6, 6.07) is -4.06. The van der Waals surface area contributed by atoms with Gasteiger partial charge in [0.15, 0.2) is 0 Å². The third-order valence-electron chi connectivity index (χ3n) is 3.98. The number of carboxylic acids is 3. The van der Waals surface area contributed by atoms with E-state index in [0.717, 1.165) is 4.90 Å². The van der Waals surface area contributed by atoms with E-state index in [1.807, 2.05) is 0 Å². The van der Waals surface area contributed by atoms with Gasteiger partial charge in [-0.2, -0.15) is 0 Å². The van der Waals surface area contributed by atoms with Gasteiger partial charge in [0.25, 0.3) is 0 Å². The van der Waals surface area contributed by atoms with Crippen molar-refractivity contribution in [2.24, 2.45) is 5.73 Å². The number of amides is 3. The van der Waals surface area contributed by atoms with Crippen LogP contribution in [-0.2, 0) is 28.8 Å². The number of hydrogen-bond donors (Lipinski definition) is 6. The number of aliphatic carboxylic acids is 3. The third-order valence-corrected chi connectivity index (χ3v) is 3.98. The Labute approximate surface area is 158 Å². The van der Waals surface area contributed by atoms with Gasteiger partial charge in [-0.25, -0.2) is 0 Å². The molecule has 0 radical (unpaired) electrons. The Balaban J connectivity index is 2.88. The first-order chi connectivity index (χ1) is 13.0. The minimum Gasteiger partial charge on any atom is -0.481 e. The van der Waals surface area contributed by atoms with E-state index < -0.39 is 73.1 Å². The summed E-state index contributed by atoms with van der Waals surface area (Å²) in [6.07, 6.45) is -0.860. The van der Waals surface area contributed by atoms with E-state index in [9.17, 15) is 28.8 Å². The first kappa shape index (κ1) is 22.8. The van der Waals surface area contributed by atoms with Crippen LogP contribution in [0, 0.1) is 0 Å². The maximum atomic E-state index is 12.7. The Hall–Kier alpha value is -3.22. The van der Waals surface area contributed by atoms with Crippen LogP contribution in [-0.4, -0.2) is 87.1 Å². The number of carboxylic acid groups (broad SMARTS) is 3. The van der Waals surface area contributed by atoms with Gasteiger partial charge in [0.05, 0.1) is 18.9 Å². The second kappa shape index (κ2) is 10.2. The van der Waals surface area contributed by atoms with Crippen LogP contribution in [0.5, 0.6) is 0 Å². The topological polar surface area (TPSA) is 216 Å². The molecule has 156 valence electrons. The molecule has 1 aliphatic heterocycles. The van der Waals surface area contributed by atoms with Crippen LogP contribution in [0.3, 0.4) is 0 Å². The number of hydrogen-bond acceptors (Lipinski definition) is 7. The summed E-state index contributed by atoms with van der Waals surface area (Å²) in [6.45, 7) is -0.534. The molecule has 1 fully saturated rings. The van der Waals surface area contributed by atoms with Gasteiger partial charge in [0, 0.05) is 6.54 Å². The lowest BCUT2D eigenvalue weighted by Crippen LogP contribution is -2.56. The number of likely N-dealkylation sites (tertiary alicyclic amines) is 1. The van der Waals surface area contributed by atoms with Gasteiger partial charge >= 0.3 is 17.9 Å². The van der Waals surface area contributed by atoms with Crippen molar-refractivity contribution in [2.45, 2.75) is 43.8 Å². The molecule has 0 aromatic carbocycles. The zero-order valence-corrected chi connectivity index (χ0v) is 14.8. The highest BCUT2D eigenvalue weighted by Crippen LogP contribution is 2.19. The molecule has 1 heterocycles. The molecule has 3 amide bonds. The molecule has 13 nitrogen and oxygen atoms in total. The van der Waals surface area contributed by atoms with Gasteiger partial charge in [-0.05, 0) is 12.8 Å². The summed E-state index contributed by atoms with van der Waals surface area (Å²) < 4.78 is 0. The Bertz CT molecular complexity index is 666. The first-order valence-corrected chi connectivity index (χ1v) is 8.32. The highest BCUT2D eigenvalue weighted by Gasteiger charge is 2.38. The van der Waals surface area contributed by atoms with Crippen molar-refractivity contribution in [1.82, 2.24) is 15.5 Å². The summed E-state index contributed by atoms with van der Waals surface area (Å²) in [4.78, 5) is 70.1. The normalized spacial score (nSPS) is 18.0. The van der Waals surface area contributed by atoms with Crippen molar-refractivity contribution in [3.63, 3.8) is 0 Å². The van der Waals surface area contributed by atoms with E-state index in [2.05, 4.69) is 10.6 Å². The molecule has 1 saturated heterocycles. The van der Waals surface area contributed by atoms with Crippen LogP contribution < -0.4 is 16.4 Å². The van der Waals surface area contributed by atoms with Crippen molar-refractivity contribution in [3.8, 4) is 0 Å². The summed E-state index contributed by atoms with van der Waals surface area (Å²) in [5, 5.41) is 30.5. The van der Waals surface area contributed by atoms with Crippen molar-refractivity contribution in [1.29, 1.82) is 0 Å². The van der Waals surface area contributed by atoms with E-state index in [1.54, 1.807) is 0 Å².